The predicted octanol–water partition coefficient (Wildman–Crippen LogP) is 4.62. The summed E-state index contributed by atoms with van der Waals surface area (Å²) in [6, 6.07) is 0. The average Bonchev–Trinajstić information content (AvgIpc) is 2.89. The highest BCUT2D eigenvalue weighted by atomic mass is 16.2. The number of carbonyl (C=O) groups is 1. The van der Waals surface area contributed by atoms with Gasteiger partial charge in [0.15, 0.2) is 0 Å². The summed E-state index contributed by atoms with van der Waals surface area (Å²) in [5.41, 5.74) is 1.63. The molecule has 1 saturated heterocycles. The third-order valence-electron chi connectivity index (χ3n) is 5.32. The minimum Gasteiger partial charge on any atom is -0.333 e. The zero-order valence-corrected chi connectivity index (χ0v) is 17.0. The van der Waals surface area contributed by atoms with Gasteiger partial charge in [-0.15, -0.1) is 0 Å². The molecule has 0 radical (unpaired) electrons. The lowest BCUT2D eigenvalue weighted by atomic mass is 9.76. The van der Waals surface area contributed by atoms with Crippen molar-refractivity contribution in [1.82, 2.24) is 14.7 Å². The van der Waals surface area contributed by atoms with Crippen LogP contribution in [-0.4, -0.2) is 32.7 Å². The molecule has 1 amide bonds. The van der Waals surface area contributed by atoms with Crippen LogP contribution in [0.3, 0.4) is 0 Å². The largest absolute Gasteiger partial charge is 0.333 e. The summed E-state index contributed by atoms with van der Waals surface area (Å²) in [5.74, 6) is 0.670. The van der Waals surface area contributed by atoms with E-state index in [-0.39, 0.29) is 22.4 Å². The van der Waals surface area contributed by atoms with Gasteiger partial charge in [0.1, 0.15) is 0 Å². The lowest BCUT2D eigenvalue weighted by Gasteiger charge is -2.38. The van der Waals surface area contributed by atoms with Crippen molar-refractivity contribution in [2.24, 2.45) is 11.3 Å². The van der Waals surface area contributed by atoms with E-state index in [9.17, 15) is 4.79 Å². The Hall–Kier alpha value is -1.32. The van der Waals surface area contributed by atoms with Gasteiger partial charge < -0.3 is 4.90 Å². The van der Waals surface area contributed by atoms with Gasteiger partial charge in [0.25, 0.3) is 5.91 Å². The molecule has 1 aromatic heterocycles. The lowest BCUT2D eigenvalue weighted by Crippen LogP contribution is -2.46. The van der Waals surface area contributed by atoms with Crippen LogP contribution >= 0.6 is 0 Å². The summed E-state index contributed by atoms with van der Waals surface area (Å²) in [6.07, 6.45) is 4.15. The van der Waals surface area contributed by atoms with Crippen LogP contribution in [0.1, 0.15) is 84.3 Å². The van der Waals surface area contributed by atoms with Gasteiger partial charge in [-0.1, -0.05) is 20.8 Å². The smallest absolute Gasteiger partial charge is 0.257 e. The molecule has 1 aliphatic heterocycles. The van der Waals surface area contributed by atoms with Crippen LogP contribution in [0, 0.1) is 18.3 Å². The van der Waals surface area contributed by atoms with Crippen molar-refractivity contribution in [1.29, 1.82) is 0 Å². The Labute approximate surface area is 147 Å². The van der Waals surface area contributed by atoms with Crippen molar-refractivity contribution in [3.63, 3.8) is 0 Å². The van der Waals surface area contributed by atoms with Crippen LogP contribution in [-0.2, 0) is 5.54 Å². The van der Waals surface area contributed by atoms with E-state index in [2.05, 4.69) is 65.4 Å². The molecule has 4 nitrogen and oxygen atoms in total. The Balaban J connectivity index is 2.26. The maximum atomic E-state index is 13.2. The SMILES string of the molecule is Cc1nn(C(C)(C)C)cc1C(=O)N1CCC(CC(C)(C)C)C1(C)C. The number of amides is 1. The van der Waals surface area contributed by atoms with Gasteiger partial charge in [0.05, 0.1) is 16.8 Å². The maximum absolute atomic E-state index is 13.2. The van der Waals surface area contributed by atoms with Crippen LogP contribution in [0.4, 0.5) is 0 Å². The maximum Gasteiger partial charge on any atom is 0.257 e. The molecule has 136 valence electrons. The Kier molecular flexibility index (Phi) is 4.66. The molecule has 1 unspecified atom stereocenters. The van der Waals surface area contributed by atoms with Crippen LogP contribution in [0.25, 0.3) is 0 Å². The fourth-order valence-corrected chi connectivity index (χ4v) is 3.76. The molecule has 0 bridgehead atoms. The zero-order valence-electron chi connectivity index (χ0n) is 17.0. The molecular formula is C20H35N3O. The van der Waals surface area contributed by atoms with Crippen molar-refractivity contribution >= 4 is 5.91 Å². The van der Waals surface area contributed by atoms with Crippen molar-refractivity contribution in [2.45, 2.75) is 86.2 Å². The van der Waals surface area contributed by atoms with Gasteiger partial charge in [-0.25, -0.2) is 0 Å². The highest BCUT2D eigenvalue weighted by Gasteiger charge is 2.45. The third kappa shape index (κ3) is 3.68. The number of carbonyl (C=O) groups excluding carboxylic acids is 1. The van der Waals surface area contributed by atoms with Crippen LogP contribution < -0.4 is 0 Å². The molecule has 2 heterocycles. The summed E-state index contributed by atoms with van der Waals surface area (Å²) in [7, 11) is 0. The molecule has 1 fully saturated rings. The van der Waals surface area contributed by atoms with Gasteiger partial charge in [-0.3, -0.25) is 9.48 Å². The fourth-order valence-electron chi connectivity index (χ4n) is 3.76. The summed E-state index contributed by atoms with van der Waals surface area (Å²) in [4.78, 5) is 15.3. The monoisotopic (exact) mass is 333 g/mol. The summed E-state index contributed by atoms with van der Waals surface area (Å²) >= 11 is 0. The second-order valence-electron chi connectivity index (χ2n) is 10.1. The van der Waals surface area contributed by atoms with E-state index in [0.717, 1.165) is 30.6 Å². The van der Waals surface area contributed by atoms with Crippen molar-refractivity contribution in [3.05, 3.63) is 17.5 Å². The van der Waals surface area contributed by atoms with Crippen molar-refractivity contribution in [3.8, 4) is 0 Å². The second kappa shape index (κ2) is 5.89. The van der Waals surface area contributed by atoms with Crippen LogP contribution in [0.15, 0.2) is 6.20 Å². The first-order valence-corrected chi connectivity index (χ1v) is 9.12. The number of nitrogens with zero attached hydrogens (tertiary/aromatic N) is 3. The minimum absolute atomic E-state index is 0.110. The molecular weight excluding hydrogens is 298 g/mol. The summed E-state index contributed by atoms with van der Waals surface area (Å²) < 4.78 is 1.91. The minimum atomic E-state index is -0.113. The zero-order chi connectivity index (χ0) is 18.5. The second-order valence-corrected chi connectivity index (χ2v) is 10.1. The fraction of sp³-hybridized carbons (Fsp3) is 0.800. The number of likely N-dealkylation sites (tertiary alicyclic amines) is 1. The molecule has 1 aliphatic rings. The van der Waals surface area contributed by atoms with Crippen molar-refractivity contribution in [2.75, 3.05) is 6.54 Å². The molecule has 24 heavy (non-hydrogen) atoms. The normalized spacial score (nSPS) is 21.4. The lowest BCUT2D eigenvalue weighted by molar-refractivity contribution is 0.0569. The van der Waals surface area contributed by atoms with Crippen LogP contribution in [0.2, 0.25) is 0 Å². The van der Waals surface area contributed by atoms with E-state index in [1.54, 1.807) is 0 Å². The number of hydrogen-bond acceptors (Lipinski definition) is 2. The Morgan fingerprint density at radius 2 is 1.83 bits per heavy atom. The number of rotatable bonds is 2. The summed E-state index contributed by atoms with van der Waals surface area (Å²) in [5, 5.41) is 4.57. The molecule has 1 atom stereocenters. The first-order valence-electron chi connectivity index (χ1n) is 9.12. The highest BCUT2D eigenvalue weighted by molar-refractivity contribution is 5.95. The number of aromatic nitrogens is 2. The topological polar surface area (TPSA) is 38.1 Å². The van der Waals surface area contributed by atoms with Gasteiger partial charge in [-0.2, -0.15) is 5.10 Å². The summed E-state index contributed by atoms with van der Waals surface area (Å²) in [6.45, 7) is 20.4. The highest BCUT2D eigenvalue weighted by Crippen LogP contribution is 2.42. The van der Waals surface area contributed by atoms with Gasteiger partial charge in [-0.05, 0) is 65.7 Å². The van der Waals surface area contributed by atoms with Crippen LogP contribution in [0.5, 0.6) is 0 Å². The molecule has 0 saturated carbocycles. The van der Waals surface area contributed by atoms with Gasteiger partial charge >= 0.3 is 0 Å². The molecule has 0 aromatic carbocycles. The number of hydrogen-bond donors (Lipinski definition) is 0. The van der Waals surface area contributed by atoms with E-state index < -0.39 is 0 Å². The predicted molar refractivity (Wildman–Crippen MR) is 99.3 cm³/mol. The molecule has 0 aliphatic carbocycles. The third-order valence-corrected chi connectivity index (χ3v) is 5.32. The van der Waals surface area contributed by atoms with Crippen molar-refractivity contribution < 1.29 is 4.79 Å². The molecule has 0 N–H and O–H groups in total. The molecule has 0 spiro atoms. The average molecular weight is 334 g/mol. The Morgan fingerprint density at radius 3 is 2.29 bits per heavy atom. The van der Waals surface area contributed by atoms with Gasteiger partial charge in [0.2, 0.25) is 0 Å². The molecule has 2 rings (SSSR count). The first-order chi connectivity index (χ1) is 10.7. The Morgan fingerprint density at radius 1 is 1.25 bits per heavy atom. The standard InChI is InChI=1S/C20H35N3O/c1-14-16(13-23(21-14)19(5,6)7)17(24)22-11-10-15(20(22,8)9)12-18(2,3)4/h13,15H,10-12H2,1-9H3. The van der Waals surface area contributed by atoms with E-state index in [1.807, 2.05) is 17.8 Å². The van der Waals surface area contributed by atoms with E-state index in [0.29, 0.717) is 5.92 Å². The Bertz CT molecular complexity index is 614. The van der Waals surface area contributed by atoms with E-state index in [4.69, 9.17) is 0 Å². The van der Waals surface area contributed by atoms with E-state index >= 15 is 0 Å². The number of aryl methyl sites for hydroxylation is 1. The van der Waals surface area contributed by atoms with E-state index in [1.165, 1.54) is 0 Å². The molecule has 1 aromatic rings. The van der Waals surface area contributed by atoms with Gasteiger partial charge in [0, 0.05) is 18.3 Å². The quantitative estimate of drug-likeness (QED) is 0.792. The molecule has 4 heteroatoms. The first kappa shape index (κ1) is 19.0.